The van der Waals surface area contributed by atoms with E-state index in [1.165, 1.54) is 24.1 Å². The van der Waals surface area contributed by atoms with Gasteiger partial charge < -0.3 is 15.0 Å². The fourth-order valence-corrected chi connectivity index (χ4v) is 6.22. The van der Waals surface area contributed by atoms with Crippen molar-refractivity contribution in [1.82, 2.24) is 10.2 Å². The number of hydrogen-bond acceptors (Lipinski definition) is 5. The zero-order chi connectivity index (χ0) is 31.5. The van der Waals surface area contributed by atoms with Crippen LogP contribution in [0.1, 0.15) is 30.0 Å². The standard InChI is InChI=1S/C35H39N3O5S/c1-4-23-36-35(40)33(24-28-11-7-5-8-12-28)37(25-29-17-15-27(2)16-18-29)34(39)26-38(30-13-9-6-10-14-30)44(41,42)32-21-19-31(43-3)20-22-32/h5-22,33H,4,23-26H2,1-3H3,(H,36,40)/t33-/m1/s1. The van der Waals surface area contributed by atoms with Crippen molar-refractivity contribution in [2.75, 3.05) is 24.5 Å². The normalized spacial score (nSPS) is 11.8. The molecule has 0 aliphatic rings. The van der Waals surface area contributed by atoms with Gasteiger partial charge in [0.15, 0.2) is 0 Å². The Morgan fingerprint density at radius 1 is 0.818 bits per heavy atom. The lowest BCUT2D eigenvalue weighted by Gasteiger charge is -2.34. The number of nitrogens with one attached hydrogen (secondary N) is 1. The minimum absolute atomic E-state index is 0.0153. The largest absolute Gasteiger partial charge is 0.497 e. The van der Waals surface area contributed by atoms with Crippen molar-refractivity contribution in [3.63, 3.8) is 0 Å². The predicted molar refractivity (Wildman–Crippen MR) is 173 cm³/mol. The van der Waals surface area contributed by atoms with Gasteiger partial charge in [-0.05, 0) is 60.9 Å². The van der Waals surface area contributed by atoms with Gasteiger partial charge in [-0.1, -0.05) is 85.3 Å². The zero-order valence-corrected chi connectivity index (χ0v) is 26.2. The molecule has 0 fully saturated rings. The van der Waals surface area contributed by atoms with Crippen LogP contribution in [0, 0.1) is 6.92 Å². The highest BCUT2D eigenvalue weighted by Crippen LogP contribution is 2.26. The Kier molecular flexibility index (Phi) is 11.2. The van der Waals surface area contributed by atoms with E-state index in [1.54, 1.807) is 42.5 Å². The molecule has 9 heteroatoms. The average molecular weight is 614 g/mol. The van der Waals surface area contributed by atoms with E-state index in [4.69, 9.17) is 4.74 Å². The van der Waals surface area contributed by atoms with Gasteiger partial charge in [-0.25, -0.2) is 8.42 Å². The molecule has 0 unspecified atom stereocenters. The summed E-state index contributed by atoms with van der Waals surface area (Å²) in [5, 5.41) is 2.96. The molecular formula is C35H39N3O5S. The van der Waals surface area contributed by atoms with E-state index in [2.05, 4.69) is 5.32 Å². The summed E-state index contributed by atoms with van der Waals surface area (Å²) in [6.45, 7) is 4.02. The summed E-state index contributed by atoms with van der Waals surface area (Å²) in [7, 11) is -2.67. The average Bonchev–Trinajstić information content (AvgIpc) is 3.05. The first-order valence-corrected chi connectivity index (χ1v) is 16.1. The molecule has 230 valence electrons. The van der Waals surface area contributed by atoms with E-state index >= 15 is 0 Å². The van der Waals surface area contributed by atoms with Gasteiger partial charge in [0.1, 0.15) is 18.3 Å². The molecule has 1 N–H and O–H groups in total. The highest BCUT2D eigenvalue weighted by Gasteiger charge is 2.34. The Morgan fingerprint density at radius 2 is 1.43 bits per heavy atom. The van der Waals surface area contributed by atoms with Crippen LogP contribution in [-0.2, 0) is 32.6 Å². The molecule has 4 aromatic carbocycles. The molecule has 0 aromatic heterocycles. The number of methoxy groups -OCH3 is 1. The molecule has 0 saturated carbocycles. The van der Waals surface area contributed by atoms with Crippen molar-refractivity contribution in [2.45, 2.75) is 44.2 Å². The first kappa shape index (κ1) is 32.3. The number of anilines is 1. The minimum atomic E-state index is -4.18. The van der Waals surface area contributed by atoms with Crippen molar-refractivity contribution in [3.8, 4) is 5.75 Å². The molecule has 0 spiro atoms. The molecule has 2 amide bonds. The SMILES string of the molecule is CCCNC(=O)[C@@H](Cc1ccccc1)N(Cc1ccc(C)cc1)C(=O)CN(c1ccccc1)S(=O)(=O)c1ccc(OC)cc1. The Balaban J connectivity index is 1.77. The summed E-state index contributed by atoms with van der Waals surface area (Å²) in [4.78, 5) is 29.6. The van der Waals surface area contributed by atoms with Crippen molar-refractivity contribution < 1.29 is 22.7 Å². The number of ether oxygens (including phenoxy) is 1. The van der Waals surface area contributed by atoms with Gasteiger partial charge in [0.05, 0.1) is 17.7 Å². The Labute approximate surface area is 260 Å². The van der Waals surface area contributed by atoms with Crippen molar-refractivity contribution in [2.24, 2.45) is 0 Å². The number of carbonyl (C=O) groups is 2. The second-order valence-electron chi connectivity index (χ2n) is 10.5. The number of hydrogen-bond donors (Lipinski definition) is 1. The van der Waals surface area contributed by atoms with Gasteiger partial charge in [-0.15, -0.1) is 0 Å². The van der Waals surface area contributed by atoms with Crippen LogP contribution < -0.4 is 14.4 Å². The van der Waals surface area contributed by atoms with Crippen LogP contribution in [-0.4, -0.2) is 51.4 Å². The van der Waals surface area contributed by atoms with Crippen LogP contribution in [0.3, 0.4) is 0 Å². The third-order valence-corrected chi connectivity index (χ3v) is 9.05. The lowest BCUT2D eigenvalue weighted by atomic mass is 10.0. The van der Waals surface area contributed by atoms with Crippen LogP contribution in [0.25, 0.3) is 0 Å². The Hall–Kier alpha value is -4.63. The molecule has 0 radical (unpaired) electrons. The minimum Gasteiger partial charge on any atom is -0.497 e. The van der Waals surface area contributed by atoms with Crippen molar-refractivity contribution in [1.29, 1.82) is 0 Å². The molecule has 0 aliphatic carbocycles. The molecule has 0 aliphatic heterocycles. The topological polar surface area (TPSA) is 96.0 Å². The van der Waals surface area contributed by atoms with E-state index in [1.807, 2.05) is 68.4 Å². The molecule has 0 bridgehead atoms. The number of para-hydroxylation sites is 1. The van der Waals surface area contributed by atoms with E-state index in [0.29, 0.717) is 18.0 Å². The summed E-state index contributed by atoms with van der Waals surface area (Å²) in [5.41, 5.74) is 3.11. The monoisotopic (exact) mass is 613 g/mol. The fourth-order valence-electron chi connectivity index (χ4n) is 4.81. The first-order valence-electron chi connectivity index (χ1n) is 14.6. The smallest absolute Gasteiger partial charge is 0.264 e. The summed E-state index contributed by atoms with van der Waals surface area (Å²) < 4.78 is 34.4. The maximum atomic E-state index is 14.4. The van der Waals surface area contributed by atoms with E-state index < -0.39 is 28.5 Å². The van der Waals surface area contributed by atoms with Crippen LogP contribution >= 0.6 is 0 Å². The first-order chi connectivity index (χ1) is 21.2. The maximum absolute atomic E-state index is 14.4. The second kappa shape index (κ2) is 15.2. The van der Waals surface area contributed by atoms with Gasteiger partial charge in [0, 0.05) is 19.5 Å². The predicted octanol–water partition coefficient (Wildman–Crippen LogP) is 5.37. The molecule has 0 heterocycles. The quantitative estimate of drug-likeness (QED) is 0.207. The molecule has 8 nitrogen and oxygen atoms in total. The number of carbonyl (C=O) groups excluding carboxylic acids is 2. The number of aryl methyl sites for hydroxylation is 1. The van der Waals surface area contributed by atoms with Crippen LogP contribution in [0.15, 0.2) is 114 Å². The highest BCUT2D eigenvalue weighted by atomic mass is 32.2. The zero-order valence-electron chi connectivity index (χ0n) is 25.3. The van der Waals surface area contributed by atoms with E-state index in [0.717, 1.165) is 27.4 Å². The number of amides is 2. The highest BCUT2D eigenvalue weighted by molar-refractivity contribution is 7.92. The number of sulfonamides is 1. The molecule has 4 aromatic rings. The summed E-state index contributed by atoms with van der Waals surface area (Å²) in [5.74, 6) is -0.281. The maximum Gasteiger partial charge on any atom is 0.264 e. The summed E-state index contributed by atoms with van der Waals surface area (Å²) in [6, 6.07) is 30.9. The fraction of sp³-hybridized carbons (Fsp3) is 0.257. The molecular weight excluding hydrogens is 574 g/mol. The molecule has 0 saturated heterocycles. The van der Waals surface area contributed by atoms with Crippen molar-refractivity contribution in [3.05, 3.63) is 126 Å². The van der Waals surface area contributed by atoms with Crippen LogP contribution in [0.5, 0.6) is 5.75 Å². The third kappa shape index (κ3) is 8.26. The van der Waals surface area contributed by atoms with Gasteiger partial charge >= 0.3 is 0 Å². The molecule has 1 atom stereocenters. The van der Waals surface area contributed by atoms with Gasteiger partial charge in [-0.3, -0.25) is 13.9 Å². The molecule has 44 heavy (non-hydrogen) atoms. The van der Waals surface area contributed by atoms with Crippen LogP contribution in [0.2, 0.25) is 0 Å². The lowest BCUT2D eigenvalue weighted by Crippen LogP contribution is -2.53. The second-order valence-corrected chi connectivity index (χ2v) is 12.4. The Bertz CT molecular complexity index is 1610. The third-order valence-electron chi connectivity index (χ3n) is 7.26. The van der Waals surface area contributed by atoms with Gasteiger partial charge in [-0.2, -0.15) is 0 Å². The van der Waals surface area contributed by atoms with Gasteiger partial charge in [0.2, 0.25) is 11.8 Å². The van der Waals surface area contributed by atoms with E-state index in [-0.39, 0.29) is 23.8 Å². The van der Waals surface area contributed by atoms with Crippen molar-refractivity contribution >= 4 is 27.5 Å². The number of benzene rings is 4. The summed E-state index contributed by atoms with van der Waals surface area (Å²) >= 11 is 0. The summed E-state index contributed by atoms with van der Waals surface area (Å²) in [6.07, 6.45) is 1.00. The van der Waals surface area contributed by atoms with Crippen LogP contribution in [0.4, 0.5) is 5.69 Å². The molecule has 4 rings (SSSR count). The van der Waals surface area contributed by atoms with E-state index in [9.17, 15) is 18.0 Å². The number of rotatable bonds is 14. The lowest BCUT2D eigenvalue weighted by molar-refractivity contribution is -0.140. The Morgan fingerprint density at radius 3 is 2.02 bits per heavy atom. The van der Waals surface area contributed by atoms with Gasteiger partial charge in [0.25, 0.3) is 10.0 Å². The number of nitrogens with zero attached hydrogens (tertiary/aromatic N) is 2.